The van der Waals surface area contributed by atoms with E-state index in [9.17, 15) is 4.79 Å². The van der Waals surface area contributed by atoms with Crippen molar-refractivity contribution in [3.05, 3.63) is 35.9 Å². The Morgan fingerprint density at radius 1 is 1.17 bits per heavy atom. The highest BCUT2D eigenvalue weighted by Gasteiger charge is 2.22. The van der Waals surface area contributed by atoms with Crippen LogP contribution < -0.4 is 5.32 Å². The van der Waals surface area contributed by atoms with Crippen LogP contribution in [-0.4, -0.2) is 56.4 Å². The topological polar surface area (TPSA) is 50.8 Å². The molecule has 5 nitrogen and oxygen atoms in total. The first-order valence-electron chi connectivity index (χ1n) is 9.02. The van der Waals surface area contributed by atoms with Gasteiger partial charge in [-0.2, -0.15) is 0 Å². The van der Waals surface area contributed by atoms with Crippen LogP contribution in [0.5, 0.6) is 0 Å². The summed E-state index contributed by atoms with van der Waals surface area (Å²) in [5.74, 6) is 0.645. The molecular formula is C19H28N2O3. The minimum absolute atomic E-state index is 0.00965. The van der Waals surface area contributed by atoms with E-state index in [1.807, 2.05) is 0 Å². The number of carbonyl (C=O) groups is 1. The van der Waals surface area contributed by atoms with E-state index >= 15 is 0 Å². The van der Waals surface area contributed by atoms with Gasteiger partial charge in [-0.3, -0.25) is 9.69 Å². The summed E-state index contributed by atoms with van der Waals surface area (Å²) in [7, 11) is 0. The Balaban J connectivity index is 1.32. The SMILES string of the molecule is O=C(CC1CCN(Cc2ccccc2)CC1)NCC1COCCO1. The lowest BCUT2D eigenvalue weighted by atomic mass is 9.93. The molecule has 0 aliphatic carbocycles. The van der Waals surface area contributed by atoms with Crippen molar-refractivity contribution in [1.82, 2.24) is 10.2 Å². The average molecular weight is 332 g/mol. The molecule has 2 fully saturated rings. The fourth-order valence-electron chi connectivity index (χ4n) is 3.41. The molecule has 0 aromatic heterocycles. The number of likely N-dealkylation sites (tertiary alicyclic amines) is 1. The monoisotopic (exact) mass is 332 g/mol. The van der Waals surface area contributed by atoms with Crippen molar-refractivity contribution in [1.29, 1.82) is 0 Å². The molecule has 1 amide bonds. The van der Waals surface area contributed by atoms with E-state index in [0.717, 1.165) is 32.5 Å². The van der Waals surface area contributed by atoms with E-state index in [1.165, 1.54) is 5.56 Å². The maximum atomic E-state index is 12.1. The van der Waals surface area contributed by atoms with Gasteiger partial charge < -0.3 is 14.8 Å². The molecule has 2 saturated heterocycles. The van der Waals surface area contributed by atoms with Crippen LogP contribution in [-0.2, 0) is 20.8 Å². The summed E-state index contributed by atoms with van der Waals surface area (Å²) in [6.45, 7) is 5.59. The minimum atomic E-state index is 0.00965. The number of piperidine rings is 1. The highest BCUT2D eigenvalue weighted by atomic mass is 16.6. The fourth-order valence-corrected chi connectivity index (χ4v) is 3.41. The van der Waals surface area contributed by atoms with Crippen molar-refractivity contribution >= 4 is 5.91 Å². The molecule has 1 aromatic rings. The predicted octanol–water partition coefficient (Wildman–Crippen LogP) is 1.82. The number of benzene rings is 1. The highest BCUT2D eigenvalue weighted by molar-refractivity contribution is 5.76. The van der Waals surface area contributed by atoms with Crippen LogP contribution in [0.4, 0.5) is 0 Å². The molecule has 0 radical (unpaired) electrons. The summed E-state index contributed by atoms with van der Waals surface area (Å²) >= 11 is 0. The molecule has 1 unspecified atom stereocenters. The van der Waals surface area contributed by atoms with Gasteiger partial charge in [0, 0.05) is 19.5 Å². The molecule has 2 aliphatic rings. The predicted molar refractivity (Wildman–Crippen MR) is 92.6 cm³/mol. The van der Waals surface area contributed by atoms with Gasteiger partial charge in [0.05, 0.1) is 25.9 Å². The summed E-state index contributed by atoms with van der Waals surface area (Å²) < 4.78 is 10.9. The number of nitrogens with zero attached hydrogens (tertiary/aromatic N) is 1. The van der Waals surface area contributed by atoms with E-state index in [2.05, 4.69) is 40.5 Å². The maximum Gasteiger partial charge on any atom is 0.220 e. The van der Waals surface area contributed by atoms with Gasteiger partial charge in [-0.15, -0.1) is 0 Å². The number of ether oxygens (including phenoxy) is 2. The lowest BCUT2D eigenvalue weighted by molar-refractivity contribution is -0.125. The molecule has 0 bridgehead atoms. The van der Waals surface area contributed by atoms with Gasteiger partial charge in [-0.1, -0.05) is 30.3 Å². The van der Waals surface area contributed by atoms with Crippen molar-refractivity contribution in [2.45, 2.75) is 31.9 Å². The lowest BCUT2D eigenvalue weighted by Crippen LogP contribution is -2.41. The smallest absolute Gasteiger partial charge is 0.220 e. The number of nitrogens with one attached hydrogen (secondary N) is 1. The fraction of sp³-hybridized carbons (Fsp3) is 0.632. The first kappa shape index (κ1) is 17.4. The van der Waals surface area contributed by atoms with Crippen LogP contribution in [0.3, 0.4) is 0 Å². The van der Waals surface area contributed by atoms with E-state index in [1.54, 1.807) is 0 Å². The van der Waals surface area contributed by atoms with Crippen LogP contribution >= 0.6 is 0 Å². The first-order chi connectivity index (χ1) is 11.8. The molecule has 1 aromatic carbocycles. The molecule has 5 heteroatoms. The van der Waals surface area contributed by atoms with Crippen LogP contribution in [0.1, 0.15) is 24.8 Å². The quantitative estimate of drug-likeness (QED) is 0.863. The van der Waals surface area contributed by atoms with Gasteiger partial charge in [0.15, 0.2) is 0 Å². The Kier molecular flexibility index (Phi) is 6.64. The molecule has 1 atom stereocenters. The highest BCUT2D eigenvalue weighted by Crippen LogP contribution is 2.21. The number of hydrogen-bond acceptors (Lipinski definition) is 4. The van der Waals surface area contributed by atoms with Crippen molar-refractivity contribution in [3.8, 4) is 0 Å². The van der Waals surface area contributed by atoms with Gasteiger partial charge >= 0.3 is 0 Å². The second-order valence-electron chi connectivity index (χ2n) is 6.78. The summed E-state index contributed by atoms with van der Waals surface area (Å²) in [5.41, 5.74) is 1.36. The zero-order valence-electron chi connectivity index (χ0n) is 14.3. The Bertz CT molecular complexity index is 495. The van der Waals surface area contributed by atoms with Gasteiger partial charge in [0.1, 0.15) is 0 Å². The third-order valence-corrected chi connectivity index (χ3v) is 4.84. The Morgan fingerprint density at radius 2 is 1.96 bits per heavy atom. The minimum Gasteiger partial charge on any atom is -0.376 e. The van der Waals surface area contributed by atoms with Crippen LogP contribution in [0.15, 0.2) is 30.3 Å². The van der Waals surface area contributed by atoms with Crippen LogP contribution in [0.2, 0.25) is 0 Å². The number of amides is 1. The molecule has 3 rings (SSSR count). The lowest BCUT2D eigenvalue weighted by Gasteiger charge is -2.31. The molecule has 0 spiro atoms. The summed E-state index contributed by atoms with van der Waals surface area (Å²) in [6.07, 6.45) is 2.84. The van der Waals surface area contributed by atoms with Gasteiger partial charge in [-0.25, -0.2) is 0 Å². The van der Waals surface area contributed by atoms with Gasteiger partial charge in [0.25, 0.3) is 0 Å². The number of carbonyl (C=O) groups excluding carboxylic acids is 1. The third kappa shape index (κ3) is 5.58. The Labute approximate surface area is 144 Å². The second kappa shape index (κ2) is 9.16. The zero-order valence-corrected chi connectivity index (χ0v) is 14.3. The maximum absolute atomic E-state index is 12.1. The van der Waals surface area contributed by atoms with Crippen molar-refractivity contribution < 1.29 is 14.3 Å². The molecule has 0 saturated carbocycles. The third-order valence-electron chi connectivity index (χ3n) is 4.84. The van der Waals surface area contributed by atoms with Crippen molar-refractivity contribution in [3.63, 3.8) is 0 Å². The second-order valence-corrected chi connectivity index (χ2v) is 6.78. The normalized spacial score (nSPS) is 23.1. The van der Waals surface area contributed by atoms with Crippen molar-refractivity contribution in [2.75, 3.05) is 39.5 Å². The number of rotatable bonds is 6. The molecule has 2 aliphatic heterocycles. The summed E-state index contributed by atoms with van der Waals surface area (Å²) in [4.78, 5) is 14.6. The van der Waals surface area contributed by atoms with E-state index in [0.29, 0.717) is 38.7 Å². The Morgan fingerprint density at radius 3 is 2.67 bits per heavy atom. The first-order valence-corrected chi connectivity index (χ1v) is 9.02. The molecular weight excluding hydrogens is 304 g/mol. The van der Waals surface area contributed by atoms with Crippen LogP contribution in [0.25, 0.3) is 0 Å². The van der Waals surface area contributed by atoms with E-state index in [-0.39, 0.29) is 12.0 Å². The standard InChI is InChI=1S/C19H28N2O3/c22-19(20-13-18-15-23-10-11-24-18)12-16-6-8-21(9-7-16)14-17-4-2-1-3-5-17/h1-5,16,18H,6-15H2,(H,20,22). The summed E-state index contributed by atoms with van der Waals surface area (Å²) in [6, 6.07) is 10.6. The summed E-state index contributed by atoms with van der Waals surface area (Å²) in [5, 5.41) is 2.99. The molecule has 24 heavy (non-hydrogen) atoms. The van der Waals surface area contributed by atoms with Crippen molar-refractivity contribution in [2.24, 2.45) is 5.92 Å². The number of hydrogen-bond donors (Lipinski definition) is 1. The van der Waals surface area contributed by atoms with Gasteiger partial charge in [-0.05, 0) is 37.4 Å². The largest absolute Gasteiger partial charge is 0.376 e. The molecule has 1 N–H and O–H groups in total. The van der Waals surface area contributed by atoms with Crippen LogP contribution in [0, 0.1) is 5.92 Å². The average Bonchev–Trinajstić information content (AvgIpc) is 2.63. The van der Waals surface area contributed by atoms with E-state index < -0.39 is 0 Å². The Hall–Kier alpha value is -1.43. The van der Waals surface area contributed by atoms with E-state index in [4.69, 9.17) is 9.47 Å². The zero-order chi connectivity index (χ0) is 16.6. The van der Waals surface area contributed by atoms with Gasteiger partial charge in [0.2, 0.25) is 5.91 Å². The molecule has 2 heterocycles. The molecule has 132 valence electrons.